The van der Waals surface area contributed by atoms with Crippen molar-refractivity contribution in [3.05, 3.63) is 47.5 Å². The third kappa shape index (κ3) is 2.44. The van der Waals surface area contributed by atoms with Gasteiger partial charge in [-0.3, -0.25) is 4.79 Å². The van der Waals surface area contributed by atoms with E-state index in [1.165, 1.54) is 0 Å². The van der Waals surface area contributed by atoms with Gasteiger partial charge in [-0.15, -0.1) is 0 Å². The quantitative estimate of drug-likeness (QED) is 0.728. The molecule has 2 heterocycles. The zero-order valence-corrected chi connectivity index (χ0v) is 15.1. The maximum Gasteiger partial charge on any atom is 0.251 e. The molecule has 7 heteroatoms. The number of carbonyl (C=O) groups excluding carboxylic acids is 1. The van der Waals surface area contributed by atoms with E-state index in [4.69, 9.17) is 18.9 Å². The van der Waals surface area contributed by atoms with Gasteiger partial charge in [0.25, 0.3) is 5.91 Å². The monoisotopic (exact) mass is 379 g/mol. The Kier molecular flexibility index (Phi) is 3.77. The maximum atomic E-state index is 12.5. The van der Waals surface area contributed by atoms with Gasteiger partial charge < -0.3 is 29.4 Å². The topological polar surface area (TPSA) is 86.3 Å². The minimum atomic E-state index is -0.295. The lowest BCUT2D eigenvalue weighted by atomic mass is 9.89. The number of fused-ring (bicyclic) bond motifs is 3. The summed E-state index contributed by atoms with van der Waals surface area (Å²) in [7, 11) is 1.56. The Bertz CT molecular complexity index is 1120. The molecule has 142 valence electrons. The number of hydrogen-bond acceptors (Lipinski definition) is 6. The first-order valence-corrected chi connectivity index (χ1v) is 8.82. The molecule has 0 radical (unpaired) electrons. The molecule has 7 nitrogen and oxygen atoms in total. The summed E-state index contributed by atoms with van der Waals surface area (Å²) < 4.78 is 21.9. The van der Waals surface area contributed by atoms with E-state index in [1.54, 1.807) is 13.1 Å². The number of ether oxygens (including phenoxy) is 4. The molecule has 3 aromatic carbocycles. The summed E-state index contributed by atoms with van der Waals surface area (Å²) in [6.45, 7) is 0.0282. The van der Waals surface area contributed by atoms with Crippen molar-refractivity contribution >= 4 is 16.7 Å². The molecule has 5 rings (SSSR count). The molecule has 2 aliphatic heterocycles. The first-order chi connectivity index (χ1) is 13.7. The standard InChI is InChI=1S/C21H17NO6/c1-22-21(24)14-4-12-6-18-19(28-10-27-18)7-13(12)20(15(14)8-23)11-2-3-16-17(5-11)26-9-25-16/h2-7,23H,8-10H2,1H3,(H,22,24). The SMILES string of the molecule is CNC(=O)c1cc2cc3c(cc2c(-c2ccc4c(c2)OCO4)c1CO)OCO3. The fourth-order valence-corrected chi connectivity index (χ4v) is 3.72. The average molecular weight is 379 g/mol. The molecule has 0 aliphatic carbocycles. The van der Waals surface area contributed by atoms with E-state index in [9.17, 15) is 9.90 Å². The molecule has 0 unspecified atom stereocenters. The summed E-state index contributed by atoms with van der Waals surface area (Å²) in [6, 6.07) is 11.1. The molecule has 2 aliphatic rings. The van der Waals surface area contributed by atoms with E-state index in [-0.39, 0.29) is 26.1 Å². The average Bonchev–Trinajstić information content (AvgIpc) is 3.38. The molecule has 0 saturated heterocycles. The largest absolute Gasteiger partial charge is 0.454 e. The van der Waals surface area contributed by atoms with E-state index in [0.29, 0.717) is 34.1 Å². The van der Waals surface area contributed by atoms with Crippen LogP contribution in [0.1, 0.15) is 15.9 Å². The molecule has 0 aromatic heterocycles. The van der Waals surface area contributed by atoms with E-state index in [1.807, 2.05) is 30.3 Å². The van der Waals surface area contributed by atoms with E-state index < -0.39 is 0 Å². The molecule has 0 bridgehead atoms. The van der Waals surface area contributed by atoms with Crippen LogP contribution in [0, 0.1) is 0 Å². The first kappa shape index (κ1) is 16.7. The highest BCUT2D eigenvalue weighted by atomic mass is 16.7. The Morgan fingerprint density at radius 1 is 0.964 bits per heavy atom. The molecule has 28 heavy (non-hydrogen) atoms. The molecule has 3 aromatic rings. The number of rotatable bonds is 3. The molecular weight excluding hydrogens is 362 g/mol. The summed E-state index contributed by atoms with van der Waals surface area (Å²) in [5.74, 6) is 2.28. The Labute approximate surface area is 160 Å². The first-order valence-electron chi connectivity index (χ1n) is 8.82. The minimum Gasteiger partial charge on any atom is -0.454 e. The molecule has 1 amide bonds. The van der Waals surface area contributed by atoms with Crippen LogP contribution in [0.15, 0.2) is 36.4 Å². The molecule has 0 atom stereocenters. The van der Waals surface area contributed by atoms with Crippen LogP contribution >= 0.6 is 0 Å². The summed E-state index contributed by atoms with van der Waals surface area (Å²) in [4.78, 5) is 12.5. The smallest absolute Gasteiger partial charge is 0.251 e. The van der Waals surface area contributed by atoms with Crippen LogP contribution in [-0.4, -0.2) is 31.6 Å². The summed E-state index contributed by atoms with van der Waals surface area (Å²) >= 11 is 0. The van der Waals surface area contributed by atoms with Crippen molar-refractivity contribution < 1.29 is 28.8 Å². The minimum absolute atomic E-state index is 0.153. The van der Waals surface area contributed by atoms with Gasteiger partial charge in [0, 0.05) is 12.6 Å². The second-order valence-electron chi connectivity index (χ2n) is 6.51. The van der Waals surface area contributed by atoms with Crippen LogP contribution in [0.4, 0.5) is 0 Å². The van der Waals surface area contributed by atoms with Crippen molar-refractivity contribution in [3.63, 3.8) is 0 Å². The number of benzene rings is 3. The Morgan fingerprint density at radius 3 is 2.36 bits per heavy atom. The number of nitrogens with one attached hydrogen (secondary N) is 1. The highest BCUT2D eigenvalue weighted by Gasteiger charge is 2.23. The van der Waals surface area contributed by atoms with Crippen molar-refractivity contribution in [1.82, 2.24) is 5.32 Å². The van der Waals surface area contributed by atoms with Crippen LogP contribution in [0.2, 0.25) is 0 Å². The van der Waals surface area contributed by atoms with Gasteiger partial charge in [-0.1, -0.05) is 6.07 Å². The highest BCUT2D eigenvalue weighted by Crippen LogP contribution is 2.44. The lowest BCUT2D eigenvalue weighted by Gasteiger charge is -2.17. The van der Waals surface area contributed by atoms with Gasteiger partial charge in [0.15, 0.2) is 23.0 Å². The Hall–Kier alpha value is -3.45. The van der Waals surface area contributed by atoms with Crippen LogP contribution in [-0.2, 0) is 6.61 Å². The second kappa shape index (κ2) is 6.31. The van der Waals surface area contributed by atoms with Crippen molar-refractivity contribution in [2.45, 2.75) is 6.61 Å². The lowest BCUT2D eigenvalue weighted by Crippen LogP contribution is -2.20. The van der Waals surface area contributed by atoms with Gasteiger partial charge in [-0.25, -0.2) is 0 Å². The second-order valence-corrected chi connectivity index (χ2v) is 6.51. The van der Waals surface area contributed by atoms with Gasteiger partial charge in [-0.05, 0) is 57.8 Å². The summed E-state index contributed by atoms with van der Waals surface area (Å²) in [6.07, 6.45) is 0. The van der Waals surface area contributed by atoms with Crippen molar-refractivity contribution in [2.75, 3.05) is 20.6 Å². The predicted molar refractivity (Wildman–Crippen MR) is 101 cm³/mol. The lowest BCUT2D eigenvalue weighted by molar-refractivity contribution is 0.0960. The zero-order chi connectivity index (χ0) is 19.3. The van der Waals surface area contributed by atoms with Gasteiger partial charge in [-0.2, -0.15) is 0 Å². The third-order valence-corrected chi connectivity index (χ3v) is 5.03. The normalized spacial score (nSPS) is 13.8. The molecule has 0 spiro atoms. The molecule has 2 N–H and O–H groups in total. The van der Waals surface area contributed by atoms with E-state index in [0.717, 1.165) is 21.9 Å². The van der Waals surface area contributed by atoms with E-state index >= 15 is 0 Å². The van der Waals surface area contributed by atoms with Gasteiger partial charge in [0.1, 0.15) is 0 Å². The van der Waals surface area contributed by atoms with Gasteiger partial charge in [0.05, 0.1) is 6.61 Å². The van der Waals surface area contributed by atoms with Gasteiger partial charge >= 0.3 is 0 Å². The Balaban J connectivity index is 1.85. The number of carbonyl (C=O) groups is 1. The van der Waals surface area contributed by atoms with Crippen molar-refractivity contribution in [2.24, 2.45) is 0 Å². The Morgan fingerprint density at radius 2 is 1.64 bits per heavy atom. The zero-order valence-electron chi connectivity index (χ0n) is 15.1. The fourth-order valence-electron chi connectivity index (χ4n) is 3.72. The summed E-state index contributed by atoms with van der Waals surface area (Å²) in [5, 5.41) is 14.5. The van der Waals surface area contributed by atoms with Crippen LogP contribution in [0.25, 0.3) is 21.9 Å². The number of aliphatic hydroxyl groups is 1. The van der Waals surface area contributed by atoms with Crippen molar-refractivity contribution in [3.8, 4) is 34.1 Å². The van der Waals surface area contributed by atoms with Gasteiger partial charge in [0.2, 0.25) is 13.6 Å². The molecular formula is C21H17NO6. The van der Waals surface area contributed by atoms with Crippen LogP contribution in [0.3, 0.4) is 0 Å². The number of aliphatic hydroxyl groups excluding tert-OH is 1. The molecule has 0 fully saturated rings. The molecule has 0 saturated carbocycles. The highest BCUT2D eigenvalue weighted by molar-refractivity contribution is 6.08. The summed E-state index contributed by atoms with van der Waals surface area (Å²) in [5.41, 5.74) is 2.49. The number of amides is 1. The fraction of sp³-hybridized carbons (Fsp3) is 0.190. The van der Waals surface area contributed by atoms with Crippen LogP contribution < -0.4 is 24.3 Å². The maximum absolute atomic E-state index is 12.5. The third-order valence-electron chi connectivity index (χ3n) is 5.03. The van der Waals surface area contributed by atoms with Crippen molar-refractivity contribution in [1.29, 1.82) is 0 Å². The van der Waals surface area contributed by atoms with Crippen LogP contribution in [0.5, 0.6) is 23.0 Å². The number of hydrogen-bond donors (Lipinski definition) is 2. The van der Waals surface area contributed by atoms with E-state index in [2.05, 4.69) is 5.32 Å². The predicted octanol–water partition coefficient (Wildman–Crippen LogP) is 2.82.